The molecule has 0 aliphatic heterocycles. The van der Waals surface area contributed by atoms with E-state index in [9.17, 15) is 4.79 Å². The molecule has 2 aromatic rings. The third-order valence-corrected chi connectivity index (χ3v) is 3.95. The molecule has 1 heterocycles. The van der Waals surface area contributed by atoms with Gasteiger partial charge in [-0.1, -0.05) is 24.3 Å². The molecule has 16 heavy (non-hydrogen) atoms. The number of aldehydes is 1. The molecule has 0 N–H and O–H groups in total. The maximum atomic E-state index is 11.3. The highest BCUT2D eigenvalue weighted by Crippen LogP contribution is 2.31. The van der Waals surface area contributed by atoms with Gasteiger partial charge in [0.05, 0.1) is 5.92 Å². The van der Waals surface area contributed by atoms with Crippen LogP contribution in [0.15, 0.2) is 35.7 Å². The number of hydrogen-bond acceptors (Lipinski definition) is 2. The molecule has 2 heteroatoms. The summed E-state index contributed by atoms with van der Waals surface area (Å²) in [6, 6.07) is 10.1. The Bertz CT molecular complexity index is 499. The average Bonchev–Trinajstić information content (AvgIpc) is 2.69. The normalized spacial score (nSPS) is 12.4. The SMILES string of the molecule is Cc1ccccc1[C@H](C=O)c1sccc1C. The second-order valence-electron chi connectivity index (χ2n) is 3.94. The topological polar surface area (TPSA) is 17.1 Å². The second kappa shape index (κ2) is 4.62. The summed E-state index contributed by atoms with van der Waals surface area (Å²) in [4.78, 5) is 12.5. The fourth-order valence-electron chi connectivity index (χ4n) is 1.92. The van der Waals surface area contributed by atoms with Crippen molar-refractivity contribution in [2.45, 2.75) is 19.8 Å². The molecule has 0 aliphatic rings. The van der Waals surface area contributed by atoms with Crippen LogP contribution in [0.2, 0.25) is 0 Å². The van der Waals surface area contributed by atoms with Crippen LogP contribution >= 0.6 is 11.3 Å². The van der Waals surface area contributed by atoms with Crippen molar-refractivity contribution in [1.82, 2.24) is 0 Å². The number of rotatable bonds is 3. The lowest BCUT2D eigenvalue weighted by Crippen LogP contribution is -2.03. The monoisotopic (exact) mass is 230 g/mol. The van der Waals surface area contributed by atoms with Crippen LogP contribution in [-0.4, -0.2) is 6.29 Å². The van der Waals surface area contributed by atoms with E-state index in [4.69, 9.17) is 0 Å². The molecule has 0 fully saturated rings. The van der Waals surface area contributed by atoms with Crippen LogP contribution in [0.5, 0.6) is 0 Å². The maximum absolute atomic E-state index is 11.3. The lowest BCUT2D eigenvalue weighted by Gasteiger charge is -2.12. The Morgan fingerprint density at radius 3 is 2.44 bits per heavy atom. The summed E-state index contributed by atoms with van der Waals surface area (Å²) in [5.74, 6) is -0.110. The average molecular weight is 230 g/mol. The number of hydrogen-bond donors (Lipinski definition) is 0. The minimum atomic E-state index is -0.110. The van der Waals surface area contributed by atoms with E-state index in [1.165, 1.54) is 11.1 Å². The molecule has 0 saturated heterocycles. The van der Waals surface area contributed by atoms with Gasteiger partial charge < -0.3 is 4.79 Å². The molecule has 2 rings (SSSR count). The number of carbonyl (C=O) groups is 1. The van der Waals surface area contributed by atoms with Gasteiger partial charge in [0.1, 0.15) is 6.29 Å². The van der Waals surface area contributed by atoms with Crippen LogP contribution in [0.4, 0.5) is 0 Å². The zero-order chi connectivity index (χ0) is 11.5. The number of benzene rings is 1. The van der Waals surface area contributed by atoms with Crippen molar-refractivity contribution in [3.8, 4) is 0 Å². The highest BCUT2D eigenvalue weighted by Gasteiger charge is 2.17. The largest absolute Gasteiger partial charge is 0.302 e. The van der Waals surface area contributed by atoms with Crippen molar-refractivity contribution in [2.24, 2.45) is 0 Å². The Morgan fingerprint density at radius 2 is 1.88 bits per heavy atom. The van der Waals surface area contributed by atoms with Crippen molar-refractivity contribution < 1.29 is 4.79 Å². The first-order valence-electron chi connectivity index (χ1n) is 5.29. The summed E-state index contributed by atoms with van der Waals surface area (Å²) in [6.45, 7) is 4.11. The molecule has 82 valence electrons. The lowest BCUT2D eigenvalue weighted by molar-refractivity contribution is -0.108. The Balaban J connectivity index is 2.49. The van der Waals surface area contributed by atoms with E-state index in [1.54, 1.807) is 11.3 Å². The van der Waals surface area contributed by atoms with Gasteiger partial charge in [0, 0.05) is 4.88 Å². The second-order valence-corrected chi connectivity index (χ2v) is 4.89. The van der Waals surface area contributed by atoms with Gasteiger partial charge in [-0.15, -0.1) is 11.3 Å². The number of thiophene rings is 1. The first kappa shape index (κ1) is 11.1. The van der Waals surface area contributed by atoms with E-state index in [1.807, 2.05) is 23.6 Å². The van der Waals surface area contributed by atoms with Crippen molar-refractivity contribution in [2.75, 3.05) is 0 Å². The zero-order valence-electron chi connectivity index (χ0n) is 9.44. The standard InChI is InChI=1S/C14H14OS/c1-10-5-3-4-6-12(10)13(9-15)14-11(2)7-8-16-14/h3-9,13H,1-2H3/t13-/m0/s1. The molecule has 1 aromatic heterocycles. The van der Waals surface area contributed by atoms with E-state index >= 15 is 0 Å². The number of aryl methyl sites for hydroxylation is 2. The summed E-state index contributed by atoms with van der Waals surface area (Å²) in [5.41, 5.74) is 3.49. The summed E-state index contributed by atoms with van der Waals surface area (Å²) >= 11 is 1.65. The van der Waals surface area contributed by atoms with E-state index in [2.05, 4.69) is 26.0 Å². The van der Waals surface area contributed by atoms with Crippen molar-refractivity contribution in [3.63, 3.8) is 0 Å². The fraction of sp³-hybridized carbons (Fsp3) is 0.214. The third-order valence-electron chi connectivity index (χ3n) is 2.84. The Labute approximate surface area is 99.8 Å². The van der Waals surface area contributed by atoms with Crippen LogP contribution in [0.3, 0.4) is 0 Å². The summed E-state index contributed by atoms with van der Waals surface area (Å²) in [7, 11) is 0. The Kier molecular flexibility index (Phi) is 3.20. The molecule has 1 nitrogen and oxygen atoms in total. The van der Waals surface area contributed by atoms with E-state index in [0.717, 1.165) is 16.7 Å². The lowest BCUT2D eigenvalue weighted by atomic mass is 9.93. The molecular formula is C14H14OS. The van der Waals surface area contributed by atoms with Gasteiger partial charge in [0.25, 0.3) is 0 Å². The van der Waals surface area contributed by atoms with Crippen LogP contribution < -0.4 is 0 Å². The molecule has 0 saturated carbocycles. The Morgan fingerprint density at radius 1 is 1.12 bits per heavy atom. The zero-order valence-corrected chi connectivity index (χ0v) is 10.3. The van der Waals surface area contributed by atoms with E-state index < -0.39 is 0 Å². The van der Waals surface area contributed by atoms with Crippen LogP contribution in [-0.2, 0) is 4.79 Å². The molecule has 0 spiro atoms. The van der Waals surface area contributed by atoms with E-state index in [0.29, 0.717) is 0 Å². The predicted octanol–water partition coefficient (Wildman–Crippen LogP) is 3.70. The number of carbonyl (C=O) groups excluding carboxylic acids is 1. The van der Waals surface area contributed by atoms with Gasteiger partial charge in [-0.2, -0.15) is 0 Å². The van der Waals surface area contributed by atoms with Gasteiger partial charge in [-0.25, -0.2) is 0 Å². The summed E-state index contributed by atoms with van der Waals surface area (Å²) in [5, 5.41) is 2.04. The molecular weight excluding hydrogens is 216 g/mol. The smallest absolute Gasteiger partial charge is 0.132 e. The van der Waals surface area contributed by atoms with Crippen molar-refractivity contribution >= 4 is 17.6 Å². The quantitative estimate of drug-likeness (QED) is 0.735. The Hall–Kier alpha value is -1.41. The predicted molar refractivity (Wildman–Crippen MR) is 68.1 cm³/mol. The van der Waals surface area contributed by atoms with Gasteiger partial charge in [-0.05, 0) is 42.0 Å². The van der Waals surface area contributed by atoms with Crippen molar-refractivity contribution in [1.29, 1.82) is 0 Å². The first-order chi connectivity index (χ1) is 7.74. The molecule has 1 aromatic carbocycles. The highest BCUT2D eigenvalue weighted by atomic mass is 32.1. The van der Waals surface area contributed by atoms with Gasteiger partial charge in [-0.3, -0.25) is 0 Å². The van der Waals surface area contributed by atoms with Crippen LogP contribution in [0.1, 0.15) is 27.5 Å². The van der Waals surface area contributed by atoms with Crippen LogP contribution in [0, 0.1) is 13.8 Å². The molecule has 1 atom stereocenters. The highest BCUT2D eigenvalue weighted by molar-refractivity contribution is 7.10. The summed E-state index contributed by atoms with van der Waals surface area (Å²) in [6.07, 6.45) is 1.04. The minimum absolute atomic E-state index is 0.110. The van der Waals surface area contributed by atoms with E-state index in [-0.39, 0.29) is 5.92 Å². The molecule has 0 unspecified atom stereocenters. The molecule has 0 radical (unpaired) electrons. The van der Waals surface area contributed by atoms with Gasteiger partial charge in [0.15, 0.2) is 0 Å². The van der Waals surface area contributed by atoms with Gasteiger partial charge in [0.2, 0.25) is 0 Å². The van der Waals surface area contributed by atoms with Gasteiger partial charge >= 0.3 is 0 Å². The van der Waals surface area contributed by atoms with Crippen molar-refractivity contribution in [3.05, 3.63) is 57.3 Å². The summed E-state index contributed by atoms with van der Waals surface area (Å²) < 4.78 is 0. The maximum Gasteiger partial charge on any atom is 0.132 e. The third kappa shape index (κ3) is 1.93. The fourth-order valence-corrected chi connectivity index (χ4v) is 2.92. The van der Waals surface area contributed by atoms with Crippen LogP contribution in [0.25, 0.3) is 0 Å². The molecule has 0 bridgehead atoms. The first-order valence-corrected chi connectivity index (χ1v) is 6.17. The molecule has 0 aliphatic carbocycles. The minimum Gasteiger partial charge on any atom is -0.302 e. The molecule has 0 amide bonds.